The van der Waals surface area contributed by atoms with E-state index in [0.29, 0.717) is 5.82 Å². The van der Waals surface area contributed by atoms with Crippen LogP contribution in [0.5, 0.6) is 0 Å². The molecule has 2 N–H and O–H groups in total. The zero-order valence-corrected chi connectivity index (χ0v) is 7.81. The maximum absolute atomic E-state index is 5.75. The number of aromatic nitrogens is 3. The highest BCUT2D eigenvalue weighted by molar-refractivity contribution is 5.74. The Morgan fingerprint density at radius 1 is 1.21 bits per heavy atom. The Morgan fingerprint density at radius 3 is 2.79 bits per heavy atom. The average molecular weight is 186 g/mol. The van der Waals surface area contributed by atoms with Crippen molar-refractivity contribution in [2.24, 2.45) is 0 Å². The Morgan fingerprint density at radius 2 is 2.07 bits per heavy atom. The zero-order valence-electron chi connectivity index (χ0n) is 7.81. The van der Waals surface area contributed by atoms with Crippen molar-refractivity contribution in [2.45, 2.75) is 6.92 Å². The first-order valence-corrected chi connectivity index (χ1v) is 4.26. The summed E-state index contributed by atoms with van der Waals surface area (Å²) >= 11 is 0. The van der Waals surface area contributed by atoms with Gasteiger partial charge in [-0.25, -0.2) is 15.0 Å². The van der Waals surface area contributed by atoms with Gasteiger partial charge < -0.3 is 5.73 Å². The number of hydrogen-bond acceptors (Lipinski definition) is 4. The van der Waals surface area contributed by atoms with Crippen LogP contribution in [0.2, 0.25) is 0 Å². The van der Waals surface area contributed by atoms with Gasteiger partial charge in [0.25, 0.3) is 0 Å². The van der Waals surface area contributed by atoms with E-state index in [2.05, 4.69) is 15.0 Å². The number of pyridine rings is 1. The topological polar surface area (TPSA) is 64.7 Å². The fourth-order valence-electron chi connectivity index (χ4n) is 1.30. The first-order chi connectivity index (χ1) is 6.79. The molecule has 2 rings (SSSR count). The van der Waals surface area contributed by atoms with Crippen LogP contribution in [0.1, 0.15) is 5.69 Å². The van der Waals surface area contributed by atoms with E-state index in [0.717, 1.165) is 16.8 Å². The summed E-state index contributed by atoms with van der Waals surface area (Å²) in [5, 5.41) is 0. The van der Waals surface area contributed by atoms with E-state index in [1.165, 1.54) is 6.33 Å². The molecular formula is C10H10N4. The number of nitrogen functional groups attached to an aromatic ring is 1. The predicted molar refractivity (Wildman–Crippen MR) is 54.4 cm³/mol. The molecule has 0 radical (unpaired) electrons. The van der Waals surface area contributed by atoms with Gasteiger partial charge in [-0.1, -0.05) is 0 Å². The fraction of sp³-hybridized carbons (Fsp3) is 0.100. The van der Waals surface area contributed by atoms with E-state index >= 15 is 0 Å². The lowest BCUT2D eigenvalue weighted by Gasteiger charge is -2.05. The molecule has 4 heteroatoms. The molecule has 0 aliphatic rings. The number of hydrogen-bond donors (Lipinski definition) is 1. The Kier molecular flexibility index (Phi) is 2.10. The molecule has 0 fully saturated rings. The standard InChI is InChI=1S/C10H10N4/c1-7-9(5-12-6-14-7)8-3-2-4-13-10(8)11/h2-6H,1H3,(H2,11,13). The maximum atomic E-state index is 5.75. The number of nitrogens with two attached hydrogens (primary N) is 1. The Bertz CT molecular complexity index is 410. The third-order valence-corrected chi connectivity index (χ3v) is 2.04. The van der Waals surface area contributed by atoms with Crippen LogP contribution >= 0.6 is 0 Å². The monoisotopic (exact) mass is 186 g/mol. The molecule has 0 unspecified atom stereocenters. The molecule has 4 nitrogen and oxygen atoms in total. The minimum atomic E-state index is 0.505. The minimum absolute atomic E-state index is 0.505. The average Bonchev–Trinajstić information content (AvgIpc) is 2.20. The van der Waals surface area contributed by atoms with Gasteiger partial charge in [-0.15, -0.1) is 0 Å². The van der Waals surface area contributed by atoms with Crippen molar-refractivity contribution in [3.05, 3.63) is 36.5 Å². The summed E-state index contributed by atoms with van der Waals surface area (Å²) in [4.78, 5) is 12.1. The van der Waals surface area contributed by atoms with Gasteiger partial charge in [0.05, 0.1) is 0 Å². The predicted octanol–water partition coefficient (Wildman–Crippen LogP) is 1.43. The second kappa shape index (κ2) is 3.41. The number of aryl methyl sites for hydroxylation is 1. The molecule has 2 aromatic heterocycles. The molecule has 0 amide bonds. The lowest BCUT2D eigenvalue weighted by atomic mass is 10.1. The van der Waals surface area contributed by atoms with E-state index < -0.39 is 0 Å². The minimum Gasteiger partial charge on any atom is -0.383 e. The summed E-state index contributed by atoms with van der Waals surface area (Å²) in [5.74, 6) is 0.505. The molecule has 0 spiro atoms. The zero-order chi connectivity index (χ0) is 9.97. The molecule has 2 aromatic rings. The molecule has 0 atom stereocenters. The first kappa shape index (κ1) is 8.62. The molecule has 14 heavy (non-hydrogen) atoms. The highest BCUT2D eigenvalue weighted by atomic mass is 14.8. The Labute approximate surface area is 81.9 Å². The van der Waals surface area contributed by atoms with Gasteiger partial charge in [-0.2, -0.15) is 0 Å². The normalized spacial score (nSPS) is 10.1. The lowest BCUT2D eigenvalue weighted by Crippen LogP contribution is -1.96. The van der Waals surface area contributed by atoms with Gasteiger partial charge in [0.2, 0.25) is 0 Å². The highest BCUT2D eigenvalue weighted by Gasteiger charge is 2.05. The van der Waals surface area contributed by atoms with Crippen molar-refractivity contribution in [3.63, 3.8) is 0 Å². The van der Waals surface area contributed by atoms with E-state index in [4.69, 9.17) is 5.73 Å². The maximum Gasteiger partial charge on any atom is 0.131 e. The quantitative estimate of drug-likeness (QED) is 0.731. The number of anilines is 1. The summed E-state index contributed by atoms with van der Waals surface area (Å²) in [5.41, 5.74) is 8.47. The largest absolute Gasteiger partial charge is 0.383 e. The van der Waals surface area contributed by atoms with Gasteiger partial charge >= 0.3 is 0 Å². The van der Waals surface area contributed by atoms with Crippen molar-refractivity contribution >= 4 is 5.82 Å². The number of nitrogens with zero attached hydrogens (tertiary/aromatic N) is 3. The van der Waals surface area contributed by atoms with Crippen molar-refractivity contribution < 1.29 is 0 Å². The molecule has 2 heterocycles. The third-order valence-electron chi connectivity index (χ3n) is 2.04. The summed E-state index contributed by atoms with van der Waals surface area (Å²) < 4.78 is 0. The molecule has 0 aliphatic carbocycles. The molecular weight excluding hydrogens is 176 g/mol. The Balaban J connectivity index is 2.61. The van der Waals surface area contributed by atoms with Crippen LogP contribution in [0.25, 0.3) is 11.1 Å². The summed E-state index contributed by atoms with van der Waals surface area (Å²) in [6, 6.07) is 3.76. The lowest BCUT2D eigenvalue weighted by molar-refractivity contribution is 1.10. The molecule has 0 aliphatic heterocycles. The van der Waals surface area contributed by atoms with Gasteiger partial charge in [0, 0.05) is 29.2 Å². The van der Waals surface area contributed by atoms with E-state index in [1.807, 2.05) is 19.1 Å². The van der Waals surface area contributed by atoms with Crippen molar-refractivity contribution in [1.82, 2.24) is 15.0 Å². The van der Waals surface area contributed by atoms with E-state index in [9.17, 15) is 0 Å². The molecule has 70 valence electrons. The van der Waals surface area contributed by atoms with Crippen molar-refractivity contribution in [2.75, 3.05) is 5.73 Å². The van der Waals surface area contributed by atoms with Crippen LogP contribution in [0.4, 0.5) is 5.82 Å². The molecule has 0 saturated carbocycles. The summed E-state index contributed by atoms with van der Waals surface area (Å²) in [7, 11) is 0. The molecule has 0 aromatic carbocycles. The van der Waals surface area contributed by atoms with Crippen LogP contribution in [0, 0.1) is 6.92 Å². The van der Waals surface area contributed by atoms with Crippen LogP contribution < -0.4 is 5.73 Å². The van der Waals surface area contributed by atoms with Crippen LogP contribution in [0.15, 0.2) is 30.9 Å². The first-order valence-electron chi connectivity index (χ1n) is 4.26. The highest BCUT2D eigenvalue weighted by Crippen LogP contribution is 2.24. The van der Waals surface area contributed by atoms with Gasteiger partial charge in [-0.3, -0.25) is 0 Å². The van der Waals surface area contributed by atoms with Crippen LogP contribution in [0.3, 0.4) is 0 Å². The summed E-state index contributed by atoms with van der Waals surface area (Å²) in [6.07, 6.45) is 4.93. The second-order valence-electron chi connectivity index (χ2n) is 2.96. The molecule has 0 bridgehead atoms. The van der Waals surface area contributed by atoms with Crippen molar-refractivity contribution in [1.29, 1.82) is 0 Å². The van der Waals surface area contributed by atoms with Crippen molar-refractivity contribution in [3.8, 4) is 11.1 Å². The molecule has 0 saturated heterocycles. The van der Waals surface area contributed by atoms with Gasteiger partial charge in [0.1, 0.15) is 12.1 Å². The van der Waals surface area contributed by atoms with E-state index in [1.54, 1.807) is 12.4 Å². The van der Waals surface area contributed by atoms with E-state index in [-0.39, 0.29) is 0 Å². The smallest absolute Gasteiger partial charge is 0.131 e. The van der Waals surface area contributed by atoms with Gasteiger partial charge in [0.15, 0.2) is 0 Å². The number of rotatable bonds is 1. The fourth-order valence-corrected chi connectivity index (χ4v) is 1.30. The summed E-state index contributed by atoms with van der Waals surface area (Å²) in [6.45, 7) is 1.92. The SMILES string of the molecule is Cc1ncncc1-c1cccnc1N. The second-order valence-corrected chi connectivity index (χ2v) is 2.96. The Hall–Kier alpha value is -1.97. The van der Waals surface area contributed by atoms with Crippen LogP contribution in [-0.4, -0.2) is 15.0 Å². The van der Waals surface area contributed by atoms with Gasteiger partial charge in [-0.05, 0) is 19.1 Å². The third kappa shape index (κ3) is 1.42. The van der Waals surface area contributed by atoms with Crippen LogP contribution in [-0.2, 0) is 0 Å².